The van der Waals surface area contributed by atoms with Crippen LogP contribution in [0.1, 0.15) is 6.42 Å². The Bertz CT molecular complexity index is 756. The monoisotopic (exact) mass is 309 g/mol. The third-order valence-corrected chi connectivity index (χ3v) is 4.53. The van der Waals surface area contributed by atoms with Gasteiger partial charge in [-0.1, -0.05) is 0 Å². The minimum atomic E-state index is -4.70. The van der Waals surface area contributed by atoms with Crippen molar-refractivity contribution in [3.8, 4) is 5.69 Å². The minimum absolute atomic E-state index is 0.154. The Balaban J connectivity index is 1.83. The van der Waals surface area contributed by atoms with Crippen LogP contribution in [-0.2, 0) is 15.0 Å². The van der Waals surface area contributed by atoms with Crippen molar-refractivity contribution in [3.63, 3.8) is 0 Å². The van der Waals surface area contributed by atoms with Crippen molar-refractivity contribution in [3.05, 3.63) is 42.7 Å². The summed E-state index contributed by atoms with van der Waals surface area (Å²) in [5.74, 6) is -0.395. The van der Waals surface area contributed by atoms with Gasteiger partial charge in [0.25, 0.3) is 0 Å². The van der Waals surface area contributed by atoms with E-state index in [1.807, 2.05) is 0 Å². The molecule has 110 valence electrons. The zero-order valence-electron chi connectivity index (χ0n) is 10.9. The van der Waals surface area contributed by atoms with E-state index < -0.39 is 21.4 Å². The summed E-state index contributed by atoms with van der Waals surface area (Å²) >= 11 is 0. The van der Waals surface area contributed by atoms with Gasteiger partial charge in [-0.15, -0.1) is 3.89 Å². The van der Waals surface area contributed by atoms with Crippen LogP contribution in [-0.4, -0.2) is 35.9 Å². The highest BCUT2D eigenvalue weighted by Gasteiger charge is 2.38. The lowest BCUT2D eigenvalue weighted by Gasteiger charge is -2.16. The summed E-state index contributed by atoms with van der Waals surface area (Å²) in [6.45, 7) is -0.154. The SMILES string of the molecule is O=C1CC(S(=O)(=O)F)CN1c1ccc(-n2cccn2)cc1. The molecule has 2 heterocycles. The predicted molar refractivity (Wildman–Crippen MR) is 74.3 cm³/mol. The zero-order valence-corrected chi connectivity index (χ0v) is 11.7. The summed E-state index contributed by atoms with van der Waals surface area (Å²) in [5, 5.41) is 2.80. The highest BCUT2D eigenvalue weighted by Crippen LogP contribution is 2.26. The summed E-state index contributed by atoms with van der Waals surface area (Å²) in [6, 6.07) is 8.67. The van der Waals surface area contributed by atoms with E-state index in [0.717, 1.165) is 5.69 Å². The average molecular weight is 309 g/mol. The molecule has 1 unspecified atom stereocenters. The number of halogens is 1. The van der Waals surface area contributed by atoms with E-state index in [2.05, 4.69) is 5.10 Å². The van der Waals surface area contributed by atoms with Crippen LogP contribution in [0.15, 0.2) is 42.7 Å². The Morgan fingerprint density at radius 1 is 1.19 bits per heavy atom. The number of hydrogen-bond donors (Lipinski definition) is 0. The van der Waals surface area contributed by atoms with Crippen molar-refractivity contribution < 1.29 is 17.1 Å². The highest BCUT2D eigenvalue weighted by molar-refractivity contribution is 7.87. The fraction of sp³-hybridized carbons (Fsp3) is 0.231. The molecule has 0 N–H and O–H groups in total. The fourth-order valence-corrected chi connectivity index (χ4v) is 2.99. The van der Waals surface area contributed by atoms with Gasteiger partial charge in [-0.25, -0.2) is 4.68 Å². The molecule has 21 heavy (non-hydrogen) atoms. The van der Waals surface area contributed by atoms with Gasteiger partial charge in [-0.3, -0.25) is 4.79 Å². The molecule has 8 heteroatoms. The maximum atomic E-state index is 13.0. The molecule has 0 bridgehead atoms. The Kier molecular flexibility index (Phi) is 3.25. The van der Waals surface area contributed by atoms with Crippen LogP contribution in [0, 0.1) is 0 Å². The van der Waals surface area contributed by atoms with Gasteiger partial charge in [0.05, 0.1) is 5.69 Å². The standard InChI is InChI=1S/C13H12FN3O3S/c14-21(19,20)12-8-13(18)16(9-12)10-2-4-11(5-3-10)17-7-1-6-15-17/h1-7,12H,8-9H2. The van der Waals surface area contributed by atoms with Gasteiger partial charge < -0.3 is 4.90 Å². The second-order valence-corrected chi connectivity index (χ2v) is 6.39. The van der Waals surface area contributed by atoms with Crippen molar-refractivity contribution in [2.24, 2.45) is 0 Å². The molecule has 2 aromatic rings. The third-order valence-electron chi connectivity index (χ3n) is 3.42. The van der Waals surface area contributed by atoms with Crippen molar-refractivity contribution in [2.75, 3.05) is 11.4 Å². The first-order valence-electron chi connectivity index (χ1n) is 6.29. The van der Waals surface area contributed by atoms with E-state index in [9.17, 15) is 17.1 Å². The van der Waals surface area contributed by atoms with Crippen molar-refractivity contribution in [1.29, 1.82) is 0 Å². The molecular formula is C13H12FN3O3S. The van der Waals surface area contributed by atoms with Crippen molar-refractivity contribution in [2.45, 2.75) is 11.7 Å². The highest BCUT2D eigenvalue weighted by atomic mass is 32.3. The lowest BCUT2D eigenvalue weighted by atomic mass is 10.2. The van der Waals surface area contributed by atoms with Gasteiger partial charge in [0, 0.05) is 31.0 Å². The zero-order chi connectivity index (χ0) is 15.0. The summed E-state index contributed by atoms with van der Waals surface area (Å²) in [6.07, 6.45) is 3.11. The van der Waals surface area contributed by atoms with E-state index in [0.29, 0.717) is 5.69 Å². The molecule has 3 rings (SSSR count). The molecule has 1 aliphatic heterocycles. The van der Waals surface area contributed by atoms with Crippen LogP contribution < -0.4 is 4.90 Å². The first-order chi connectivity index (χ1) is 9.95. The quantitative estimate of drug-likeness (QED) is 0.801. The van der Waals surface area contributed by atoms with Gasteiger partial charge in [-0.05, 0) is 30.3 Å². The van der Waals surface area contributed by atoms with Crippen molar-refractivity contribution in [1.82, 2.24) is 9.78 Å². The van der Waals surface area contributed by atoms with Crippen LogP contribution in [0.2, 0.25) is 0 Å². The van der Waals surface area contributed by atoms with Crippen LogP contribution in [0.3, 0.4) is 0 Å². The minimum Gasteiger partial charge on any atom is -0.311 e. The smallest absolute Gasteiger partial charge is 0.307 e. The average Bonchev–Trinajstić information content (AvgIpc) is 3.07. The van der Waals surface area contributed by atoms with Crippen LogP contribution in [0.4, 0.5) is 9.57 Å². The Labute approximate surface area is 121 Å². The second-order valence-electron chi connectivity index (χ2n) is 4.77. The largest absolute Gasteiger partial charge is 0.311 e. The lowest BCUT2D eigenvalue weighted by Crippen LogP contribution is -2.26. The maximum Gasteiger partial charge on any atom is 0.307 e. The number of carbonyl (C=O) groups is 1. The Morgan fingerprint density at radius 2 is 1.86 bits per heavy atom. The van der Waals surface area contributed by atoms with Gasteiger partial charge in [-0.2, -0.15) is 13.5 Å². The lowest BCUT2D eigenvalue weighted by molar-refractivity contribution is -0.117. The molecule has 6 nitrogen and oxygen atoms in total. The topological polar surface area (TPSA) is 72.3 Å². The number of nitrogens with zero attached hydrogens (tertiary/aromatic N) is 3. The van der Waals surface area contributed by atoms with E-state index in [1.54, 1.807) is 47.4 Å². The van der Waals surface area contributed by atoms with E-state index in [-0.39, 0.29) is 13.0 Å². The predicted octanol–water partition coefficient (Wildman–Crippen LogP) is 1.28. The summed E-state index contributed by atoms with van der Waals surface area (Å²) in [7, 11) is -4.70. The van der Waals surface area contributed by atoms with E-state index in [4.69, 9.17) is 0 Å². The number of rotatable bonds is 3. The number of aromatic nitrogens is 2. The van der Waals surface area contributed by atoms with Gasteiger partial charge in [0.2, 0.25) is 5.91 Å². The van der Waals surface area contributed by atoms with Crippen LogP contribution in [0.5, 0.6) is 0 Å². The van der Waals surface area contributed by atoms with E-state index >= 15 is 0 Å². The van der Waals surface area contributed by atoms with Crippen LogP contribution >= 0.6 is 0 Å². The normalized spacial score (nSPS) is 19.2. The van der Waals surface area contributed by atoms with Gasteiger partial charge >= 0.3 is 10.2 Å². The number of benzene rings is 1. The summed E-state index contributed by atoms with van der Waals surface area (Å²) in [4.78, 5) is 13.1. The molecule has 0 aliphatic carbocycles. The maximum absolute atomic E-state index is 13.0. The first kappa shape index (κ1) is 13.7. The van der Waals surface area contributed by atoms with Gasteiger partial charge in [0.15, 0.2) is 0 Å². The number of carbonyl (C=O) groups excluding carboxylic acids is 1. The molecule has 1 amide bonds. The summed E-state index contributed by atoms with van der Waals surface area (Å²) in [5.41, 5.74) is 1.35. The molecular weight excluding hydrogens is 297 g/mol. The Hall–Kier alpha value is -2.22. The summed E-state index contributed by atoms with van der Waals surface area (Å²) < 4.78 is 36.5. The second kappa shape index (κ2) is 4.96. The Morgan fingerprint density at radius 3 is 2.38 bits per heavy atom. The molecule has 1 atom stereocenters. The van der Waals surface area contributed by atoms with E-state index in [1.165, 1.54) is 4.90 Å². The molecule has 0 saturated carbocycles. The first-order valence-corrected chi connectivity index (χ1v) is 7.74. The molecule has 1 aliphatic rings. The molecule has 1 saturated heterocycles. The molecule has 1 fully saturated rings. The number of hydrogen-bond acceptors (Lipinski definition) is 4. The van der Waals surface area contributed by atoms with Gasteiger partial charge in [0.1, 0.15) is 5.25 Å². The van der Waals surface area contributed by atoms with Crippen LogP contribution in [0.25, 0.3) is 5.69 Å². The fourth-order valence-electron chi connectivity index (χ4n) is 2.32. The molecule has 0 spiro atoms. The third kappa shape index (κ3) is 2.66. The number of anilines is 1. The number of amides is 1. The molecule has 0 radical (unpaired) electrons. The molecule has 1 aromatic heterocycles. The van der Waals surface area contributed by atoms with Crippen molar-refractivity contribution >= 4 is 21.8 Å². The molecule has 1 aromatic carbocycles.